The standard InChI is InChI=1S/C12H32OSi3/c1-2-3-4-6-9-12(13)10-7-5-8-11-15-16-14/h12-13H,2-11,15-16H2,1,14H3. The molecule has 16 heavy (non-hydrogen) atoms. The zero-order chi connectivity index (χ0) is 12.1. The number of unbranched alkanes of at least 4 members (excludes halogenated alkanes) is 5. The van der Waals surface area contributed by atoms with Crippen molar-refractivity contribution in [1.82, 2.24) is 0 Å². The van der Waals surface area contributed by atoms with Crippen LogP contribution in [0.15, 0.2) is 0 Å². The Hall–Kier alpha value is 0.611. The van der Waals surface area contributed by atoms with Crippen LogP contribution in [0.4, 0.5) is 0 Å². The van der Waals surface area contributed by atoms with E-state index in [0.29, 0.717) is 17.6 Å². The topological polar surface area (TPSA) is 20.2 Å². The summed E-state index contributed by atoms with van der Waals surface area (Å²) >= 11 is 0. The zero-order valence-corrected chi connectivity index (χ0v) is 16.3. The van der Waals surface area contributed by atoms with Crippen LogP contribution in [0.3, 0.4) is 0 Å². The summed E-state index contributed by atoms with van der Waals surface area (Å²) in [5, 5.41) is 9.77. The van der Waals surface area contributed by atoms with Gasteiger partial charge >= 0.3 is 0 Å². The van der Waals surface area contributed by atoms with Crippen LogP contribution in [-0.4, -0.2) is 38.6 Å². The van der Waals surface area contributed by atoms with Gasteiger partial charge in [0.25, 0.3) is 0 Å². The van der Waals surface area contributed by atoms with E-state index in [-0.39, 0.29) is 6.10 Å². The molecule has 0 fully saturated rings. The first-order valence-corrected chi connectivity index (χ1v) is 18.1. The lowest BCUT2D eigenvalue weighted by molar-refractivity contribution is 0.147. The maximum Gasteiger partial charge on any atom is 0.0540 e. The molecule has 0 aliphatic rings. The molecule has 1 unspecified atom stereocenters. The Morgan fingerprint density at radius 1 is 1.00 bits per heavy atom. The van der Waals surface area contributed by atoms with Gasteiger partial charge in [-0.25, -0.2) is 0 Å². The highest BCUT2D eigenvalue weighted by Crippen LogP contribution is 2.12. The molecular weight excluding hydrogens is 244 g/mol. The maximum atomic E-state index is 9.77. The van der Waals surface area contributed by atoms with E-state index >= 15 is 0 Å². The molecule has 0 radical (unpaired) electrons. The Morgan fingerprint density at radius 2 is 1.62 bits per heavy atom. The fourth-order valence-corrected chi connectivity index (χ4v) is 10.4. The highest BCUT2D eigenvalue weighted by molar-refractivity contribution is 7.23. The Balaban J connectivity index is 3.08. The van der Waals surface area contributed by atoms with Crippen molar-refractivity contribution in [3.05, 3.63) is 0 Å². The second-order valence-electron chi connectivity index (χ2n) is 5.06. The van der Waals surface area contributed by atoms with Gasteiger partial charge < -0.3 is 5.11 Å². The van der Waals surface area contributed by atoms with Crippen LogP contribution in [0.2, 0.25) is 6.04 Å². The minimum atomic E-state index is 0.00191. The molecule has 1 nitrogen and oxygen atoms in total. The minimum Gasteiger partial charge on any atom is -0.393 e. The maximum absolute atomic E-state index is 9.77. The average Bonchev–Trinajstić information content (AvgIpc) is 2.29. The van der Waals surface area contributed by atoms with Gasteiger partial charge in [0.1, 0.15) is 0 Å². The summed E-state index contributed by atoms with van der Waals surface area (Å²) in [6.07, 6.45) is 11.4. The Labute approximate surface area is 109 Å². The van der Waals surface area contributed by atoms with Gasteiger partial charge in [0.15, 0.2) is 0 Å². The van der Waals surface area contributed by atoms with Crippen LogP contribution in [0.5, 0.6) is 0 Å². The molecule has 0 aromatic carbocycles. The fraction of sp³-hybridized carbons (Fsp3) is 1.00. The number of hydrogen-bond acceptors (Lipinski definition) is 1. The van der Waals surface area contributed by atoms with Gasteiger partial charge in [-0.15, -0.1) is 0 Å². The molecule has 0 aliphatic carbocycles. The van der Waals surface area contributed by atoms with Crippen molar-refractivity contribution >= 4 is 27.4 Å². The fourth-order valence-electron chi connectivity index (χ4n) is 2.11. The highest BCUT2D eigenvalue weighted by Gasteiger charge is 2.03. The van der Waals surface area contributed by atoms with E-state index < -0.39 is 0 Å². The minimum absolute atomic E-state index is 0.00191. The number of hydrogen-bond donors (Lipinski definition) is 1. The lowest BCUT2D eigenvalue weighted by Crippen LogP contribution is -2.06. The largest absolute Gasteiger partial charge is 0.393 e. The second-order valence-corrected chi connectivity index (χ2v) is 21.6. The van der Waals surface area contributed by atoms with Crippen molar-refractivity contribution in [2.24, 2.45) is 0 Å². The molecular formula is C12H32OSi3. The van der Waals surface area contributed by atoms with Gasteiger partial charge in [0.05, 0.1) is 6.10 Å². The van der Waals surface area contributed by atoms with Crippen LogP contribution in [0.1, 0.15) is 64.7 Å². The van der Waals surface area contributed by atoms with Gasteiger partial charge in [0, 0.05) is 9.04 Å². The third kappa shape index (κ3) is 12.7. The van der Waals surface area contributed by atoms with E-state index in [2.05, 4.69) is 6.92 Å². The summed E-state index contributed by atoms with van der Waals surface area (Å²) in [7, 11) is 2.64. The van der Waals surface area contributed by atoms with Gasteiger partial charge in [-0.2, -0.15) is 0 Å². The lowest BCUT2D eigenvalue weighted by atomic mass is 10.0. The Bertz CT molecular complexity index is 133. The molecule has 98 valence electrons. The molecule has 1 N–H and O–H groups in total. The van der Waals surface area contributed by atoms with Gasteiger partial charge in [-0.05, 0) is 31.2 Å². The summed E-state index contributed by atoms with van der Waals surface area (Å²) in [5.41, 5.74) is 0. The van der Waals surface area contributed by atoms with Crippen LogP contribution in [-0.2, 0) is 0 Å². The number of aliphatic hydroxyl groups is 1. The van der Waals surface area contributed by atoms with Crippen molar-refractivity contribution in [3.63, 3.8) is 0 Å². The summed E-state index contributed by atoms with van der Waals surface area (Å²) in [5.74, 6) is 0. The lowest BCUT2D eigenvalue weighted by Gasteiger charge is -2.09. The summed E-state index contributed by atoms with van der Waals surface area (Å²) in [6.45, 7) is 2.24. The smallest absolute Gasteiger partial charge is 0.0540 e. The first kappa shape index (κ1) is 16.6. The van der Waals surface area contributed by atoms with Crippen molar-refractivity contribution in [3.8, 4) is 0 Å². The molecule has 0 heterocycles. The molecule has 0 saturated carbocycles. The van der Waals surface area contributed by atoms with E-state index in [4.69, 9.17) is 0 Å². The van der Waals surface area contributed by atoms with Crippen LogP contribution < -0.4 is 0 Å². The first-order chi connectivity index (χ1) is 7.81. The zero-order valence-electron chi connectivity index (χ0n) is 11.5. The first-order valence-electron chi connectivity index (χ1n) is 7.49. The van der Waals surface area contributed by atoms with Crippen molar-refractivity contribution < 1.29 is 5.11 Å². The summed E-state index contributed by atoms with van der Waals surface area (Å²) in [4.78, 5) is 0. The van der Waals surface area contributed by atoms with Crippen molar-refractivity contribution in [1.29, 1.82) is 0 Å². The Kier molecular flexibility index (Phi) is 14.2. The molecule has 0 aromatic rings. The van der Waals surface area contributed by atoms with Crippen LogP contribution >= 0.6 is 0 Å². The predicted octanol–water partition coefficient (Wildman–Crippen LogP) is 0.829. The molecule has 4 heteroatoms. The van der Waals surface area contributed by atoms with Crippen LogP contribution in [0, 0.1) is 0 Å². The molecule has 0 bridgehead atoms. The van der Waals surface area contributed by atoms with E-state index in [0.717, 1.165) is 12.8 Å². The van der Waals surface area contributed by atoms with Crippen molar-refractivity contribution in [2.75, 3.05) is 0 Å². The molecule has 0 aromatic heterocycles. The molecule has 1 atom stereocenters. The summed E-state index contributed by atoms with van der Waals surface area (Å²) < 4.78 is 0. The summed E-state index contributed by atoms with van der Waals surface area (Å²) in [6, 6.07) is 1.61. The second kappa shape index (κ2) is 13.7. The van der Waals surface area contributed by atoms with Gasteiger partial charge in [-0.1, -0.05) is 57.9 Å². The molecule has 0 rings (SSSR count). The van der Waals surface area contributed by atoms with Gasteiger partial charge in [-0.3, -0.25) is 0 Å². The van der Waals surface area contributed by atoms with E-state index in [1.165, 1.54) is 44.9 Å². The van der Waals surface area contributed by atoms with Crippen molar-refractivity contribution in [2.45, 2.75) is 76.9 Å². The monoisotopic (exact) mass is 276 g/mol. The SMILES string of the molecule is CCCCCCC(O)CCCCC[SiH2][SiH2][SiH3]. The van der Waals surface area contributed by atoms with E-state index in [1.54, 1.807) is 15.8 Å². The number of rotatable bonds is 12. The molecule has 0 spiro atoms. The molecule has 0 aliphatic heterocycles. The quantitative estimate of drug-likeness (QED) is 0.414. The Morgan fingerprint density at radius 3 is 2.19 bits per heavy atom. The van der Waals surface area contributed by atoms with E-state index in [9.17, 15) is 5.11 Å². The van der Waals surface area contributed by atoms with Gasteiger partial charge in [0.2, 0.25) is 0 Å². The third-order valence-electron chi connectivity index (χ3n) is 3.28. The normalized spacial score (nSPS) is 14.6. The average molecular weight is 277 g/mol. The third-order valence-corrected chi connectivity index (χ3v) is 15.0. The van der Waals surface area contributed by atoms with Crippen LogP contribution in [0.25, 0.3) is 0 Å². The highest BCUT2D eigenvalue weighted by atomic mass is 29.5. The van der Waals surface area contributed by atoms with E-state index in [1.807, 2.05) is 0 Å². The molecule has 0 saturated heterocycles. The molecule has 0 amide bonds. The predicted molar refractivity (Wildman–Crippen MR) is 85.1 cm³/mol. The number of aliphatic hydroxyl groups excluding tert-OH is 1.